The minimum atomic E-state index is -0.380. The van der Waals surface area contributed by atoms with Crippen molar-refractivity contribution in [1.29, 1.82) is 0 Å². The van der Waals surface area contributed by atoms with E-state index in [-0.39, 0.29) is 12.0 Å². The largest absolute Gasteiger partial charge is 0.493 e. The molecule has 1 unspecified atom stereocenters. The molecule has 0 amide bonds. The summed E-state index contributed by atoms with van der Waals surface area (Å²) in [5.74, 6) is 0.665. The van der Waals surface area contributed by atoms with E-state index < -0.39 is 0 Å². The van der Waals surface area contributed by atoms with E-state index >= 15 is 0 Å². The minimum Gasteiger partial charge on any atom is -0.493 e. The second-order valence-corrected chi connectivity index (χ2v) is 3.87. The number of nitrogens with two attached hydrogens (primary N) is 1. The molecule has 1 rings (SSSR count). The molecule has 0 aromatic heterocycles. The zero-order chi connectivity index (χ0) is 13.5. The molecule has 0 aliphatic heterocycles. The maximum absolute atomic E-state index is 11.6. The highest BCUT2D eigenvalue weighted by atomic mass is 16.5. The van der Waals surface area contributed by atoms with Gasteiger partial charge in [0.1, 0.15) is 6.61 Å². The number of hydrogen-bond donors (Lipinski definition) is 1. The molecule has 0 fully saturated rings. The second-order valence-electron chi connectivity index (χ2n) is 3.87. The number of carbonyl (C=O) groups is 1. The molecule has 0 bridgehead atoms. The molecule has 1 atom stereocenters. The van der Waals surface area contributed by atoms with Gasteiger partial charge in [-0.15, -0.1) is 0 Å². The van der Waals surface area contributed by atoms with Gasteiger partial charge < -0.3 is 19.9 Å². The van der Waals surface area contributed by atoms with Gasteiger partial charge in [0.05, 0.1) is 19.3 Å². The highest BCUT2D eigenvalue weighted by Gasteiger charge is 2.12. The van der Waals surface area contributed by atoms with Crippen LogP contribution in [-0.4, -0.2) is 32.3 Å². The Bertz CT molecular complexity index is 404. The summed E-state index contributed by atoms with van der Waals surface area (Å²) in [6.07, 6.45) is 0. The first-order valence-electron chi connectivity index (χ1n) is 5.82. The first-order chi connectivity index (χ1) is 8.58. The zero-order valence-electron chi connectivity index (χ0n) is 10.9. The van der Waals surface area contributed by atoms with E-state index in [1.807, 2.05) is 6.92 Å². The SMILES string of the molecule is CCOC(=O)c1ccc(OCC(C)N)c(OC)c1. The smallest absolute Gasteiger partial charge is 0.338 e. The Kier molecular flexibility index (Phi) is 5.45. The molecule has 0 aliphatic carbocycles. The van der Waals surface area contributed by atoms with E-state index in [1.54, 1.807) is 25.1 Å². The van der Waals surface area contributed by atoms with Crippen LogP contribution in [0.5, 0.6) is 11.5 Å². The molecule has 5 nitrogen and oxygen atoms in total. The summed E-state index contributed by atoms with van der Waals surface area (Å²) < 4.78 is 15.6. The highest BCUT2D eigenvalue weighted by molar-refractivity contribution is 5.90. The molecule has 1 aromatic carbocycles. The number of rotatable bonds is 6. The lowest BCUT2D eigenvalue weighted by Gasteiger charge is -2.13. The van der Waals surface area contributed by atoms with Gasteiger partial charge in [0.25, 0.3) is 0 Å². The van der Waals surface area contributed by atoms with Gasteiger partial charge in [-0.3, -0.25) is 0 Å². The predicted molar refractivity (Wildman–Crippen MR) is 68.1 cm³/mol. The van der Waals surface area contributed by atoms with Crippen molar-refractivity contribution in [3.8, 4) is 11.5 Å². The molecule has 100 valence electrons. The van der Waals surface area contributed by atoms with Gasteiger partial charge in [0.15, 0.2) is 11.5 Å². The number of ether oxygens (including phenoxy) is 3. The van der Waals surface area contributed by atoms with Gasteiger partial charge >= 0.3 is 5.97 Å². The molecule has 2 N–H and O–H groups in total. The lowest BCUT2D eigenvalue weighted by Crippen LogP contribution is -2.23. The zero-order valence-corrected chi connectivity index (χ0v) is 10.9. The molecule has 0 radical (unpaired) electrons. The maximum atomic E-state index is 11.6. The summed E-state index contributed by atoms with van der Waals surface area (Å²) in [4.78, 5) is 11.6. The van der Waals surface area contributed by atoms with Gasteiger partial charge in [-0.25, -0.2) is 4.79 Å². The van der Waals surface area contributed by atoms with Gasteiger partial charge in [-0.1, -0.05) is 0 Å². The van der Waals surface area contributed by atoms with Crippen LogP contribution >= 0.6 is 0 Å². The molecule has 0 saturated carbocycles. The number of esters is 1. The van der Waals surface area contributed by atoms with E-state index in [4.69, 9.17) is 19.9 Å². The van der Waals surface area contributed by atoms with Crippen LogP contribution in [0, 0.1) is 0 Å². The van der Waals surface area contributed by atoms with E-state index in [0.717, 1.165) is 0 Å². The Morgan fingerprint density at radius 3 is 2.67 bits per heavy atom. The van der Waals surface area contributed by atoms with Crippen molar-refractivity contribution in [1.82, 2.24) is 0 Å². The summed E-state index contributed by atoms with van der Waals surface area (Å²) in [6, 6.07) is 4.83. The quantitative estimate of drug-likeness (QED) is 0.780. The number of carbonyl (C=O) groups excluding carboxylic acids is 1. The topological polar surface area (TPSA) is 70.8 Å². The molecular formula is C13H19NO4. The number of methoxy groups -OCH3 is 1. The van der Waals surface area contributed by atoms with Gasteiger partial charge in [0, 0.05) is 6.04 Å². The van der Waals surface area contributed by atoms with Crippen molar-refractivity contribution in [2.45, 2.75) is 19.9 Å². The van der Waals surface area contributed by atoms with E-state index in [2.05, 4.69) is 0 Å². The predicted octanol–water partition coefficient (Wildman–Crippen LogP) is 1.60. The fraction of sp³-hybridized carbons (Fsp3) is 0.462. The van der Waals surface area contributed by atoms with Crippen LogP contribution in [0.25, 0.3) is 0 Å². The van der Waals surface area contributed by atoms with Crippen molar-refractivity contribution < 1.29 is 19.0 Å². The Morgan fingerprint density at radius 1 is 1.39 bits per heavy atom. The monoisotopic (exact) mass is 253 g/mol. The lowest BCUT2D eigenvalue weighted by molar-refractivity contribution is 0.0526. The fourth-order valence-corrected chi connectivity index (χ4v) is 1.35. The van der Waals surface area contributed by atoms with Crippen molar-refractivity contribution in [3.63, 3.8) is 0 Å². The summed E-state index contributed by atoms with van der Waals surface area (Å²) in [7, 11) is 1.52. The van der Waals surface area contributed by atoms with Crippen LogP contribution in [0.3, 0.4) is 0 Å². The van der Waals surface area contributed by atoms with Crippen LogP contribution in [0.1, 0.15) is 24.2 Å². The van der Waals surface area contributed by atoms with Crippen molar-refractivity contribution in [2.24, 2.45) is 5.73 Å². The molecule has 0 spiro atoms. The molecule has 18 heavy (non-hydrogen) atoms. The van der Waals surface area contributed by atoms with Crippen LogP contribution in [-0.2, 0) is 4.74 Å². The standard InChI is InChI=1S/C13H19NO4/c1-4-17-13(15)10-5-6-11(12(7-10)16-3)18-8-9(2)14/h5-7,9H,4,8,14H2,1-3H3. The summed E-state index contributed by atoms with van der Waals surface area (Å²) in [6.45, 7) is 4.33. The second kappa shape index (κ2) is 6.86. The van der Waals surface area contributed by atoms with Crippen LogP contribution in [0.2, 0.25) is 0 Å². The van der Waals surface area contributed by atoms with E-state index in [0.29, 0.717) is 30.3 Å². The first-order valence-corrected chi connectivity index (χ1v) is 5.82. The van der Waals surface area contributed by atoms with E-state index in [9.17, 15) is 4.79 Å². The minimum absolute atomic E-state index is 0.0700. The van der Waals surface area contributed by atoms with Crippen molar-refractivity contribution in [2.75, 3.05) is 20.3 Å². The Morgan fingerprint density at radius 2 is 2.11 bits per heavy atom. The molecule has 0 heterocycles. The fourth-order valence-electron chi connectivity index (χ4n) is 1.35. The maximum Gasteiger partial charge on any atom is 0.338 e. The highest BCUT2D eigenvalue weighted by Crippen LogP contribution is 2.28. The van der Waals surface area contributed by atoms with Crippen LogP contribution in [0.4, 0.5) is 0 Å². The molecule has 0 aliphatic rings. The van der Waals surface area contributed by atoms with Crippen molar-refractivity contribution >= 4 is 5.97 Å². The number of benzene rings is 1. The van der Waals surface area contributed by atoms with E-state index in [1.165, 1.54) is 7.11 Å². The average molecular weight is 253 g/mol. The summed E-state index contributed by atoms with van der Waals surface area (Å²) >= 11 is 0. The third kappa shape index (κ3) is 3.92. The third-order valence-electron chi connectivity index (χ3n) is 2.18. The Labute approximate surface area is 107 Å². The Balaban J connectivity index is 2.85. The van der Waals surface area contributed by atoms with Crippen LogP contribution in [0.15, 0.2) is 18.2 Å². The molecular weight excluding hydrogens is 234 g/mol. The number of hydrogen-bond acceptors (Lipinski definition) is 5. The lowest BCUT2D eigenvalue weighted by atomic mass is 10.2. The molecule has 0 saturated heterocycles. The van der Waals surface area contributed by atoms with Gasteiger partial charge in [0.2, 0.25) is 0 Å². The summed E-state index contributed by atoms with van der Waals surface area (Å²) in [5.41, 5.74) is 6.04. The molecule has 1 aromatic rings. The molecule has 5 heteroatoms. The first kappa shape index (κ1) is 14.3. The van der Waals surface area contributed by atoms with Crippen LogP contribution < -0.4 is 15.2 Å². The van der Waals surface area contributed by atoms with Gasteiger partial charge in [-0.05, 0) is 32.0 Å². The normalized spacial score (nSPS) is 11.8. The summed E-state index contributed by atoms with van der Waals surface area (Å²) in [5, 5.41) is 0. The third-order valence-corrected chi connectivity index (χ3v) is 2.18. The van der Waals surface area contributed by atoms with Crippen molar-refractivity contribution in [3.05, 3.63) is 23.8 Å². The van der Waals surface area contributed by atoms with Gasteiger partial charge in [-0.2, -0.15) is 0 Å². The Hall–Kier alpha value is -1.75. The average Bonchev–Trinajstić information content (AvgIpc) is 2.36.